The molecule has 3 atom stereocenters. The van der Waals surface area contributed by atoms with Gasteiger partial charge >= 0.3 is 13.8 Å². The highest BCUT2D eigenvalue weighted by atomic mass is 31.2. The first-order valence-corrected chi connectivity index (χ1v) is 31.1. The Hall–Kier alpha value is -2.29. The second-order valence-electron chi connectivity index (χ2n) is 21.2. The first kappa shape index (κ1) is 68.7. The number of nitrogens with zero attached hydrogens (tertiary/aromatic N) is 1. The van der Waals surface area contributed by atoms with Crippen molar-refractivity contribution < 1.29 is 37.3 Å². The van der Waals surface area contributed by atoms with Crippen LogP contribution in [-0.2, 0) is 27.9 Å². The Morgan fingerprint density at radius 2 is 0.873 bits per heavy atom. The van der Waals surface area contributed by atoms with E-state index >= 15 is 0 Å². The van der Waals surface area contributed by atoms with Crippen LogP contribution >= 0.6 is 7.82 Å². The molecule has 414 valence electrons. The highest BCUT2D eigenvalue weighted by Gasteiger charge is 2.30. The van der Waals surface area contributed by atoms with Crippen molar-refractivity contribution >= 4 is 19.7 Å². The smallest absolute Gasteiger partial charge is 0.456 e. The van der Waals surface area contributed by atoms with Crippen molar-refractivity contribution in [1.82, 2.24) is 5.32 Å². The van der Waals surface area contributed by atoms with Crippen LogP contribution in [0.3, 0.4) is 0 Å². The molecule has 3 unspecified atom stereocenters. The number of allylic oxidation sites excluding steroid dienone is 9. The molecule has 0 aromatic heterocycles. The summed E-state index contributed by atoms with van der Waals surface area (Å²) < 4.78 is 30.6. The molecular formula is C61H114N2O7P+. The van der Waals surface area contributed by atoms with Crippen LogP contribution < -0.4 is 5.32 Å². The maximum absolute atomic E-state index is 13.4. The summed E-state index contributed by atoms with van der Waals surface area (Å²) in [6.45, 7) is 6.93. The number of nitrogens with one attached hydrogen (secondary N) is 1. The van der Waals surface area contributed by atoms with Gasteiger partial charge in [-0.2, -0.15) is 0 Å². The molecule has 0 fully saturated rings. The molecule has 0 spiro atoms. The number of carbonyl (C=O) groups excluding carboxylic acids is 2. The molecule has 1 amide bonds. The fourth-order valence-electron chi connectivity index (χ4n) is 8.31. The molecule has 0 aromatic rings. The Morgan fingerprint density at radius 1 is 0.493 bits per heavy atom. The van der Waals surface area contributed by atoms with Gasteiger partial charge in [0.05, 0.1) is 33.8 Å². The number of hydrogen-bond donors (Lipinski definition) is 2. The van der Waals surface area contributed by atoms with Crippen molar-refractivity contribution in [2.45, 2.75) is 277 Å². The van der Waals surface area contributed by atoms with Crippen molar-refractivity contribution in [2.75, 3.05) is 40.9 Å². The van der Waals surface area contributed by atoms with E-state index in [9.17, 15) is 19.0 Å². The largest absolute Gasteiger partial charge is 0.472 e. The molecule has 71 heavy (non-hydrogen) atoms. The molecule has 0 heterocycles. The summed E-state index contributed by atoms with van der Waals surface area (Å²) in [6.07, 6.45) is 63.8. The lowest BCUT2D eigenvalue weighted by Crippen LogP contribution is -2.47. The number of carbonyl (C=O) groups is 2. The highest BCUT2D eigenvalue weighted by Crippen LogP contribution is 2.43. The number of ether oxygens (including phenoxy) is 1. The summed E-state index contributed by atoms with van der Waals surface area (Å²) in [7, 11) is 1.46. The second-order valence-corrected chi connectivity index (χ2v) is 22.6. The average Bonchev–Trinajstić information content (AvgIpc) is 3.33. The van der Waals surface area contributed by atoms with Gasteiger partial charge in [-0.3, -0.25) is 18.6 Å². The lowest BCUT2D eigenvalue weighted by Gasteiger charge is -2.27. The highest BCUT2D eigenvalue weighted by molar-refractivity contribution is 7.47. The van der Waals surface area contributed by atoms with Crippen molar-refractivity contribution in [3.05, 3.63) is 60.8 Å². The Kier molecular flexibility index (Phi) is 49.6. The van der Waals surface area contributed by atoms with Crippen molar-refractivity contribution in [3.8, 4) is 0 Å². The first-order chi connectivity index (χ1) is 34.4. The minimum absolute atomic E-state index is 0.0299. The molecule has 0 bridgehead atoms. The topological polar surface area (TPSA) is 111 Å². The molecule has 0 saturated heterocycles. The number of unbranched alkanes of at least 4 members (excludes halogenated alkanes) is 29. The molecular weight excluding hydrogens is 904 g/mol. The van der Waals surface area contributed by atoms with Crippen molar-refractivity contribution in [3.63, 3.8) is 0 Å². The van der Waals surface area contributed by atoms with E-state index in [1.807, 2.05) is 39.4 Å². The number of esters is 1. The van der Waals surface area contributed by atoms with E-state index < -0.39 is 20.0 Å². The van der Waals surface area contributed by atoms with Crippen molar-refractivity contribution in [2.24, 2.45) is 0 Å². The molecule has 0 radical (unpaired) electrons. The Labute approximate surface area is 439 Å². The zero-order valence-electron chi connectivity index (χ0n) is 47.2. The van der Waals surface area contributed by atoms with Gasteiger partial charge in [0.25, 0.3) is 0 Å². The third-order valence-electron chi connectivity index (χ3n) is 12.9. The Balaban J connectivity index is 5.26. The second kappa shape index (κ2) is 51.2. The number of phosphoric acid groups is 1. The first-order valence-electron chi connectivity index (χ1n) is 29.6. The van der Waals surface area contributed by atoms with Gasteiger partial charge in [-0.1, -0.05) is 230 Å². The maximum atomic E-state index is 13.4. The van der Waals surface area contributed by atoms with E-state index in [0.717, 1.165) is 57.8 Å². The van der Waals surface area contributed by atoms with Crippen LogP contribution in [0.25, 0.3) is 0 Å². The van der Waals surface area contributed by atoms with Crippen LogP contribution in [0.2, 0.25) is 0 Å². The van der Waals surface area contributed by atoms with Crippen LogP contribution in [0.1, 0.15) is 265 Å². The van der Waals surface area contributed by atoms with Crippen LogP contribution in [0.15, 0.2) is 60.8 Å². The van der Waals surface area contributed by atoms with E-state index in [4.69, 9.17) is 13.8 Å². The van der Waals surface area contributed by atoms with Gasteiger partial charge in [0, 0.05) is 12.8 Å². The van der Waals surface area contributed by atoms with Gasteiger partial charge in [0.1, 0.15) is 19.3 Å². The van der Waals surface area contributed by atoms with E-state index in [1.54, 1.807) is 0 Å². The number of quaternary nitrogens is 1. The lowest BCUT2D eigenvalue weighted by atomic mass is 10.0. The van der Waals surface area contributed by atoms with Gasteiger partial charge in [0.15, 0.2) is 0 Å². The van der Waals surface area contributed by atoms with E-state index in [2.05, 4.69) is 68.6 Å². The van der Waals surface area contributed by atoms with E-state index in [0.29, 0.717) is 17.4 Å². The minimum Gasteiger partial charge on any atom is -0.456 e. The van der Waals surface area contributed by atoms with Gasteiger partial charge < -0.3 is 19.4 Å². The van der Waals surface area contributed by atoms with Gasteiger partial charge in [-0.15, -0.1) is 0 Å². The monoisotopic (exact) mass is 1020 g/mol. The van der Waals surface area contributed by atoms with Crippen molar-refractivity contribution in [1.29, 1.82) is 0 Å². The number of amides is 1. The summed E-state index contributed by atoms with van der Waals surface area (Å²) in [5.41, 5.74) is 0. The summed E-state index contributed by atoms with van der Waals surface area (Å²) in [6, 6.07) is -0.878. The quantitative estimate of drug-likeness (QED) is 0.0205. The predicted octanol–water partition coefficient (Wildman–Crippen LogP) is 17.9. The summed E-state index contributed by atoms with van der Waals surface area (Å²) in [5.74, 6) is -0.584. The zero-order valence-corrected chi connectivity index (χ0v) is 48.1. The van der Waals surface area contributed by atoms with Gasteiger partial charge in [0.2, 0.25) is 5.91 Å². The Bertz CT molecular complexity index is 1400. The summed E-state index contributed by atoms with van der Waals surface area (Å²) in [5, 5.41) is 3.00. The molecule has 0 aliphatic heterocycles. The molecule has 0 aromatic carbocycles. The number of rotatable bonds is 53. The number of phosphoric ester groups is 1. The van der Waals surface area contributed by atoms with E-state index in [-0.39, 0.29) is 37.9 Å². The molecule has 0 aliphatic carbocycles. The molecule has 2 N–H and O–H groups in total. The molecule has 0 aliphatic rings. The van der Waals surface area contributed by atoms with Crippen LogP contribution in [0.4, 0.5) is 0 Å². The summed E-state index contributed by atoms with van der Waals surface area (Å²) in [4.78, 5) is 37.5. The normalized spacial score (nSPS) is 14.2. The molecule has 0 saturated carbocycles. The SMILES string of the molecule is CCCCC/C=C\C/C=C\CCCCCCCCCCCCCC(=O)OC(/C=C\CCCCCCCCCCC)C(COP(=O)(O)OCC[N+](C)(C)C)NC(=O)CC/C=C/C/C=C\CCCCCCCC. The third-order valence-corrected chi connectivity index (χ3v) is 13.9. The third kappa shape index (κ3) is 52.4. The lowest BCUT2D eigenvalue weighted by molar-refractivity contribution is -0.870. The fourth-order valence-corrected chi connectivity index (χ4v) is 9.05. The average molecular weight is 1020 g/mol. The number of hydrogen-bond acceptors (Lipinski definition) is 6. The fraction of sp³-hybridized carbons (Fsp3) is 0.803. The standard InChI is InChI=1S/C61H113N2O7P/c1-7-10-13-16-19-22-25-27-28-29-30-31-32-33-34-36-39-42-45-48-51-54-61(65)70-59(52-49-46-43-40-37-24-21-18-15-12-9-3)58(57-69-71(66,67)68-56-55-63(4,5)6)62-60(64)53-50-47-44-41-38-35-26-23-20-17-14-11-8-2/h19,22,27-28,35,38,44,47,49,52,58-59H,7-18,20-21,23-26,29-34,36-37,39-43,45-46,48,50-51,53-57H2,1-6H3,(H-,62,64,66,67)/p+1/b22-19-,28-27-,38-35-,47-44+,52-49-. The van der Waals surface area contributed by atoms with Gasteiger partial charge in [-0.25, -0.2) is 4.57 Å². The van der Waals surface area contributed by atoms with Gasteiger partial charge in [-0.05, 0) is 83.1 Å². The predicted molar refractivity (Wildman–Crippen MR) is 305 cm³/mol. The Morgan fingerprint density at radius 3 is 1.32 bits per heavy atom. The maximum Gasteiger partial charge on any atom is 0.472 e. The molecule has 9 nitrogen and oxygen atoms in total. The number of likely N-dealkylation sites (N-methyl/N-ethyl adjacent to an activating group) is 1. The molecule has 10 heteroatoms. The van der Waals surface area contributed by atoms with Crippen LogP contribution in [0, 0.1) is 0 Å². The minimum atomic E-state index is -4.46. The molecule has 0 rings (SSSR count). The summed E-state index contributed by atoms with van der Waals surface area (Å²) >= 11 is 0. The van der Waals surface area contributed by atoms with E-state index in [1.165, 1.54) is 167 Å². The zero-order chi connectivity index (χ0) is 52.2. The van der Waals surface area contributed by atoms with Crippen LogP contribution in [-0.4, -0.2) is 74.3 Å². The van der Waals surface area contributed by atoms with Crippen LogP contribution in [0.5, 0.6) is 0 Å².